The first-order valence-corrected chi connectivity index (χ1v) is 9.62. The van der Waals surface area contributed by atoms with E-state index in [9.17, 15) is 8.42 Å². The number of nitrogens with zero attached hydrogens (tertiary/aromatic N) is 2. The summed E-state index contributed by atoms with van der Waals surface area (Å²) in [5.74, 6) is 0. The van der Waals surface area contributed by atoms with Crippen LogP contribution in [0.5, 0.6) is 0 Å². The third-order valence-electron chi connectivity index (χ3n) is 3.39. The molecule has 1 aromatic rings. The van der Waals surface area contributed by atoms with Crippen LogP contribution in [0.15, 0.2) is 20.1 Å². The summed E-state index contributed by atoms with van der Waals surface area (Å²) in [6, 6.07) is 1.76. The highest BCUT2D eigenvalue weighted by molar-refractivity contribution is 9.10. The Kier molecular flexibility index (Phi) is 5.19. The van der Waals surface area contributed by atoms with E-state index in [0.717, 1.165) is 0 Å². The minimum absolute atomic E-state index is 0.00308. The van der Waals surface area contributed by atoms with E-state index >= 15 is 0 Å². The summed E-state index contributed by atoms with van der Waals surface area (Å²) in [4.78, 5) is 2.56. The molecule has 0 amide bonds. The highest BCUT2D eigenvalue weighted by atomic mass is 79.9. The first-order valence-electron chi connectivity index (χ1n) is 6.10. The van der Waals surface area contributed by atoms with E-state index in [1.54, 1.807) is 11.4 Å². The van der Waals surface area contributed by atoms with Crippen molar-refractivity contribution in [1.29, 1.82) is 0 Å². The quantitative estimate of drug-likeness (QED) is 0.779. The van der Waals surface area contributed by atoms with Gasteiger partial charge >= 0.3 is 0 Å². The van der Waals surface area contributed by atoms with E-state index < -0.39 is 10.0 Å². The summed E-state index contributed by atoms with van der Waals surface area (Å²) in [5.41, 5.74) is 5.64. The number of hydrogen-bond acceptors (Lipinski definition) is 5. The zero-order valence-electron chi connectivity index (χ0n) is 11.0. The lowest BCUT2D eigenvalue weighted by molar-refractivity contribution is 0.175. The molecule has 0 radical (unpaired) electrons. The number of thiophene rings is 1. The monoisotopic (exact) mass is 397 g/mol. The largest absolute Gasteiger partial charge is 0.392 e. The van der Waals surface area contributed by atoms with Gasteiger partial charge in [0.2, 0.25) is 0 Å². The van der Waals surface area contributed by atoms with Crippen molar-refractivity contribution in [2.24, 2.45) is 5.73 Å². The highest BCUT2D eigenvalue weighted by Gasteiger charge is 2.32. The van der Waals surface area contributed by atoms with Crippen LogP contribution in [-0.4, -0.2) is 54.8 Å². The lowest BCUT2D eigenvalue weighted by Crippen LogP contribution is -2.53. The van der Waals surface area contributed by atoms with Crippen LogP contribution in [-0.2, 0) is 10.0 Å². The summed E-state index contributed by atoms with van der Waals surface area (Å²) < 4.78 is 27.5. The van der Waals surface area contributed by atoms with E-state index in [1.807, 2.05) is 6.92 Å². The van der Waals surface area contributed by atoms with E-state index in [-0.39, 0.29) is 6.04 Å². The molecule has 9 heteroatoms. The van der Waals surface area contributed by atoms with Crippen molar-refractivity contribution in [2.45, 2.75) is 17.2 Å². The standard InChI is InChI=1S/C11H16BrN3O2S3/c1-8(10(13)18)14-3-5-15(6-4-14)20(16,17)11-9(12)2-7-19-11/h2,7-8H,3-6H2,1H3,(H2,13,18). The lowest BCUT2D eigenvalue weighted by Gasteiger charge is -2.36. The van der Waals surface area contributed by atoms with E-state index in [0.29, 0.717) is 39.8 Å². The topological polar surface area (TPSA) is 66.6 Å². The van der Waals surface area contributed by atoms with Crippen molar-refractivity contribution in [2.75, 3.05) is 26.2 Å². The smallest absolute Gasteiger partial charge is 0.253 e. The Balaban J connectivity index is 2.08. The predicted molar refractivity (Wildman–Crippen MR) is 88.6 cm³/mol. The molecule has 1 aromatic heterocycles. The molecular formula is C11H16BrN3O2S3. The fourth-order valence-electron chi connectivity index (χ4n) is 2.09. The number of piperazine rings is 1. The van der Waals surface area contributed by atoms with E-state index in [4.69, 9.17) is 18.0 Å². The molecule has 1 aliphatic rings. The van der Waals surface area contributed by atoms with Gasteiger partial charge in [0.05, 0.1) is 11.0 Å². The van der Waals surface area contributed by atoms with Gasteiger partial charge in [-0.25, -0.2) is 8.42 Å². The fraction of sp³-hybridized carbons (Fsp3) is 0.545. The van der Waals surface area contributed by atoms with Crippen molar-refractivity contribution in [3.8, 4) is 0 Å². The van der Waals surface area contributed by atoms with Crippen LogP contribution in [0.2, 0.25) is 0 Å². The summed E-state index contributed by atoms with van der Waals surface area (Å²) in [5, 5.41) is 1.77. The molecule has 0 aliphatic carbocycles. The highest BCUT2D eigenvalue weighted by Crippen LogP contribution is 2.30. The van der Waals surface area contributed by atoms with Gasteiger partial charge in [0.15, 0.2) is 0 Å². The van der Waals surface area contributed by atoms with Crippen LogP contribution >= 0.6 is 39.5 Å². The first-order chi connectivity index (χ1) is 9.34. The molecule has 2 N–H and O–H groups in total. The van der Waals surface area contributed by atoms with Crippen LogP contribution in [0.25, 0.3) is 0 Å². The minimum Gasteiger partial charge on any atom is -0.392 e. The van der Waals surface area contributed by atoms with Gasteiger partial charge < -0.3 is 5.73 Å². The molecular weight excluding hydrogens is 382 g/mol. The number of hydrogen-bond donors (Lipinski definition) is 1. The molecule has 2 rings (SSSR count). The Morgan fingerprint density at radius 3 is 2.50 bits per heavy atom. The second-order valence-electron chi connectivity index (χ2n) is 4.57. The third-order valence-corrected chi connectivity index (χ3v) is 8.28. The van der Waals surface area contributed by atoms with Crippen LogP contribution in [0.4, 0.5) is 0 Å². The summed E-state index contributed by atoms with van der Waals surface area (Å²) >= 11 is 9.50. The van der Waals surface area contributed by atoms with Crippen LogP contribution in [0, 0.1) is 0 Å². The Morgan fingerprint density at radius 2 is 2.05 bits per heavy atom. The average Bonchev–Trinajstić information content (AvgIpc) is 2.85. The van der Waals surface area contributed by atoms with Crippen molar-refractivity contribution in [3.63, 3.8) is 0 Å². The van der Waals surface area contributed by atoms with Crippen LogP contribution < -0.4 is 5.73 Å². The number of thiocarbonyl (C=S) groups is 1. The molecule has 2 heterocycles. The molecule has 0 saturated carbocycles. The van der Waals surface area contributed by atoms with Crippen molar-refractivity contribution in [1.82, 2.24) is 9.21 Å². The Labute approximate surface area is 136 Å². The number of nitrogens with two attached hydrogens (primary N) is 1. The molecule has 5 nitrogen and oxygen atoms in total. The Hall–Kier alpha value is -0.0600. The average molecular weight is 398 g/mol. The summed E-state index contributed by atoms with van der Waals surface area (Å²) in [6.07, 6.45) is 0. The number of rotatable bonds is 4. The van der Waals surface area contributed by atoms with Crippen LogP contribution in [0.3, 0.4) is 0 Å². The third kappa shape index (κ3) is 3.23. The van der Waals surface area contributed by atoms with Gasteiger partial charge in [0, 0.05) is 30.7 Å². The van der Waals surface area contributed by atoms with E-state index in [1.165, 1.54) is 15.6 Å². The normalized spacial score (nSPS) is 19.9. The van der Waals surface area contributed by atoms with Gasteiger partial charge in [-0.2, -0.15) is 4.31 Å². The van der Waals surface area contributed by atoms with Gasteiger partial charge in [-0.15, -0.1) is 11.3 Å². The molecule has 1 fully saturated rings. The summed E-state index contributed by atoms with van der Waals surface area (Å²) in [6.45, 7) is 4.14. The predicted octanol–water partition coefficient (Wildman–Crippen LogP) is 1.49. The molecule has 0 bridgehead atoms. The van der Waals surface area contributed by atoms with E-state index in [2.05, 4.69) is 20.8 Å². The second-order valence-corrected chi connectivity index (χ2v) is 8.95. The van der Waals surface area contributed by atoms with Crippen molar-refractivity contribution in [3.05, 3.63) is 15.9 Å². The van der Waals surface area contributed by atoms with Crippen LogP contribution in [0.1, 0.15) is 6.92 Å². The molecule has 1 aliphatic heterocycles. The van der Waals surface area contributed by atoms with Gasteiger partial charge in [-0.3, -0.25) is 4.90 Å². The lowest BCUT2D eigenvalue weighted by atomic mass is 10.2. The minimum atomic E-state index is -3.40. The van der Waals surface area contributed by atoms with Gasteiger partial charge in [-0.05, 0) is 34.3 Å². The maximum absolute atomic E-state index is 12.5. The Bertz CT molecular complexity index is 594. The Morgan fingerprint density at radius 1 is 1.45 bits per heavy atom. The fourth-order valence-corrected chi connectivity index (χ4v) is 6.11. The number of halogens is 1. The maximum atomic E-state index is 12.5. The molecule has 1 unspecified atom stereocenters. The SMILES string of the molecule is CC(C(N)=S)N1CCN(S(=O)(=O)c2sccc2Br)CC1. The second kappa shape index (κ2) is 6.37. The number of sulfonamides is 1. The zero-order valence-corrected chi connectivity index (χ0v) is 15.0. The van der Waals surface area contributed by atoms with Crippen molar-refractivity contribution < 1.29 is 8.42 Å². The molecule has 0 spiro atoms. The van der Waals surface area contributed by atoms with Crippen molar-refractivity contribution >= 4 is 54.5 Å². The van der Waals surface area contributed by atoms with Gasteiger partial charge in [0.1, 0.15) is 4.21 Å². The molecule has 1 saturated heterocycles. The van der Waals surface area contributed by atoms with Gasteiger partial charge in [0.25, 0.3) is 10.0 Å². The maximum Gasteiger partial charge on any atom is 0.253 e. The summed E-state index contributed by atoms with van der Waals surface area (Å²) in [7, 11) is -3.40. The zero-order chi connectivity index (χ0) is 14.9. The molecule has 1 atom stereocenters. The molecule has 112 valence electrons. The van der Waals surface area contributed by atoms with Gasteiger partial charge in [-0.1, -0.05) is 12.2 Å². The first kappa shape index (κ1) is 16.3. The molecule has 0 aromatic carbocycles. The molecule has 20 heavy (non-hydrogen) atoms.